The summed E-state index contributed by atoms with van der Waals surface area (Å²) in [7, 11) is 1.90. The van der Waals surface area contributed by atoms with E-state index in [9.17, 15) is 0 Å². The lowest BCUT2D eigenvalue weighted by atomic mass is 9.86. The lowest BCUT2D eigenvalue weighted by Gasteiger charge is -2.19. The molecule has 2 aliphatic rings. The van der Waals surface area contributed by atoms with Gasteiger partial charge in [0.25, 0.3) is 0 Å². The zero-order valence-electron chi connectivity index (χ0n) is 11.3. The van der Waals surface area contributed by atoms with Crippen molar-refractivity contribution in [3.05, 3.63) is 34.9 Å². The lowest BCUT2D eigenvalue weighted by molar-refractivity contribution is 0.626. The maximum atomic E-state index is 4.42. The topological polar surface area (TPSA) is 12.4 Å². The van der Waals surface area contributed by atoms with Gasteiger partial charge in [0.2, 0.25) is 0 Å². The van der Waals surface area contributed by atoms with E-state index in [1.54, 1.807) is 5.57 Å². The number of hydrogen-bond donors (Lipinski definition) is 0. The average molecular weight is 229 g/mol. The third kappa shape index (κ3) is 2.59. The fourth-order valence-corrected chi connectivity index (χ4v) is 3.12. The minimum atomic E-state index is 0.799. The van der Waals surface area contributed by atoms with Crippen LogP contribution in [0.25, 0.3) is 0 Å². The summed E-state index contributed by atoms with van der Waals surface area (Å²) in [4.78, 5) is 4.42. The van der Waals surface area contributed by atoms with Crippen molar-refractivity contribution < 1.29 is 0 Å². The Morgan fingerprint density at radius 2 is 2.00 bits per heavy atom. The molecule has 92 valence electrons. The molecule has 0 N–H and O–H groups in total. The van der Waals surface area contributed by atoms with Gasteiger partial charge in [-0.3, -0.25) is 4.99 Å². The van der Waals surface area contributed by atoms with Crippen LogP contribution in [0.5, 0.6) is 0 Å². The Morgan fingerprint density at radius 3 is 2.65 bits per heavy atom. The van der Waals surface area contributed by atoms with Crippen LogP contribution in [0.4, 0.5) is 0 Å². The van der Waals surface area contributed by atoms with Gasteiger partial charge < -0.3 is 0 Å². The van der Waals surface area contributed by atoms with Crippen molar-refractivity contribution in [2.75, 3.05) is 7.05 Å². The van der Waals surface area contributed by atoms with Crippen LogP contribution in [0.3, 0.4) is 0 Å². The summed E-state index contributed by atoms with van der Waals surface area (Å²) in [6, 6.07) is 0. The summed E-state index contributed by atoms with van der Waals surface area (Å²) >= 11 is 0. The van der Waals surface area contributed by atoms with Gasteiger partial charge in [-0.25, -0.2) is 0 Å². The number of nitrogens with zero attached hydrogens (tertiary/aromatic N) is 1. The fourth-order valence-electron chi connectivity index (χ4n) is 3.12. The maximum absolute atomic E-state index is 4.42. The average Bonchev–Trinajstić information content (AvgIpc) is 2.79. The molecule has 1 heteroatoms. The van der Waals surface area contributed by atoms with Crippen molar-refractivity contribution in [1.82, 2.24) is 0 Å². The Labute approximate surface area is 105 Å². The first-order valence-electron chi connectivity index (χ1n) is 6.74. The predicted octanol–water partition coefficient (Wildman–Crippen LogP) is 4.47. The smallest absolute Gasteiger partial charge is 0.0388 e. The van der Waals surface area contributed by atoms with Crippen molar-refractivity contribution >= 4 is 5.71 Å². The summed E-state index contributed by atoms with van der Waals surface area (Å²) in [5, 5.41) is 0. The Bertz CT molecular complexity index is 401. The molecule has 0 atom stereocenters. The molecule has 1 fully saturated rings. The van der Waals surface area contributed by atoms with Crippen LogP contribution in [0.1, 0.15) is 46.0 Å². The highest BCUT2D eigenvalue weighted by atomic mass is 14.7. The van der Waals surface area contributed by atoms with Gasteiger partial charge in [-0.1, -0.05) is 36.6 Å². The standard InChI is InChI=1S/C16H23N/c1-12-8-4-7-11-15(14-9-5-6-10-14)16(12)13(2)17-3/h4,7-8,14H,5-6,9-11H2,1-3H3. The highest BCUT2D eigenvalue weighted by Gasteiger charge is 2.23. The molecule has 0 saturated heterocycles. The highest BCUT2D eigenvalue weighted by molar-refractivity contribution is 6.03. The van der Waals surface area contributed by atoms with Gasteiger partial charge in [0, 0.05) is 12.8 Å². The first-order valence-corrected chi connectivity index (χ1v) is 6.74. The summed E-state index contributed by atoms with van der Waals surface area (Å²) in [6.45, 7) is 4.36. The predicted molar refractivity (Wildman–Crippen MR) is 75.5 cm³/mol. The van der Waals surface area contributed by atoms with Gasteiger partial charge in [-0.15, -0.1) is 0 Å². The number of hydrogen-bond acceptors (Lipinski definition) is 1. The molecule has 2 rings (SSSR count). The zero-order valence-corrected chi connectivity index (χ0v) is 11.3. The molecule has 2 aliphatic carbocycles. The van der Waals surface area contributed by atoms with Crippen LogP contribution in [0, 0.1) is 5.92 Å². The van der Waals surface area contributed by atoms with Crippen molar-refractivity contribution in [3.8, 4) is 0 Å². The first-order chi connectivity index (χ1) is 8.24. The Kier molecular flexibility index (Phi) is 3.98. The summed E-state index contributed by atoms with van der Waals surface area (Å²) in [5.74, 6) is 0.799. The largest absolute Gasteiger partial charge is 0.293 e. The molecule has 0 aliphatic heterocycles. The molecule has 0 heterocycles. The molecule has 1 saturated carbocycles. The number of allylic oxidation sites excluding steroid dienone is 6. The molecule has 0 bridgehead atoms. The quantitative estimate of drug-likeness (QED) is 0.619. The van der Waals surface area contributed by atoms with Gasteiger partial charge in [-0.05, 0) is 50.2 Å². The molecule has 1 nitrogen and oxygen atoms in total. The Morgan fingerprint density at radius 1 is 1.29 bits per heavy atom. The van der Waals surface area contributed by atoms with E-state index in [2.05, 4.69) is 37.1 Å². The SMILES string of the molecule is CN=C(C)C1=C(C2CCCC2)CC=CC=C1C. The summed E-state index contributed by atoms with van der Waals surface area (Å²) in [5.41, 5.74) is 5.64. The minimum absolute atomic E-state index is 0.799. The molecular weight excluding hydrogens is 206 g/mol. The van der Waals surface area contributed by atoms with Crippen molar-refractivity contribution in [3.63, 3.8) is 0 Å². The molecule has 0 spiro atoms. The number of aliphatic imine (C=N–C) groups is 1. The van der Waals surface area contributed by atoms with E-state index in [4.69, 9.17) is 0 Å². The van der Waals surface area contributed by atoms with Crippen molar-refractivity contribution in [2.24, 2.45) is 10.9 Å². The molecule has 0 aromatic rings. The van der Waals surface area contributed by atoms with Crippen LogP contribution < -0.4 is 0 Å². The summed E-state index contributed by atoms with van der Waals surface area (Å²) < 4.78 is 0. The third-order valence-corrected chi connectivity index (χ3v) is 4.08. The lowest BCUT2D eigenvalue weighted by Crippen LogP contribution is -2.09. The molecular formula is C16H23N. The minimum Gasteiger partial charge on any atom is -0.293 e. The molecule has 0 unspecified atom stereocenters. The van der Waals surface area contributed by atoms with E-state index in [1.807, 2.05) is 7.05 Å². The molecule has 17 heavy (non-hydrogen) atoms. The van der Waals surface area contributed by atoms with E-state index in [1.165, 1.54) is 42.5 Å². The molecule has 0 aromatic heterocycles. The van der Waals surface area contributed by atoms with Gasteiger partial charge in [0.15, 0.2) is 0 Å². The van der Waals surface area contributed by atoms with Crippen LogP contribution in [-0.2, 0) is 0 Å². The van der Waals surface area contributed by atoms with E-state index in [0.717, 1.165) is 12.3 Å². The van der Waals surface area contributed by atoms with Crippen molar-refractivity contribution in [2.45, 2.75) is 46.0 Å². The molecule has 0 aromatic carbocycles. The Balaban J connectivity index is 2.44. The van der Waals surface area contributed by atoms with E-state index in [0.29, 0.717) is 0 Å². The van der Waals surface area contributed by atoms with Gasteiger partial charge >= 0.3 is 0 Å². The second kappa shape index (κ2) is 5.48. The van der Waals surface area contributed by atoms with Gasteiger partial charge in [0.1, 0.15) is 0 Å². The van der Waals surface area contributed by atoms with Crippen molar-refractivity contribution in [1.29, 1.82) is 0 Å². The highest BCUT2D eigenvalue weighted by Crippen LogP contribution is 2.37. The second-order valence-electron chi connectivity index (χ2n) is 5.17. The zero-order chi connectivity index (χ0) is 12.3. The maximum Gasteiger partial charge on any atom is 0.0388 e. The first kappa shape index (κ1) is 12.3. The van der Waals surface area contributed by atoms with Crippen LogP contribution >= 0.6 is 0 Å². The van der Waals surface area contributed by atoms with Crippen LogP contribution in [-0.4, -0.2) is 12.8 Å². The fraction of sp³-hybridized carbons (Fsp3) is 0.562. The van der Waals surface area contributed by atoms with E-state index in [-0.39, 0.29) is 0 Å². The Hall–Kier alpha value is -1.11. The number of rotatable bonds is 2. The van der Waals surface area contributed by atoms with E-state index < -0.39 is 0 Å². The van der Waals surface area contributed by atoms with Crippen LogP contribution in [0.15, 0.2) is 39.9 Å². The molecule has 0 radical (unpaired) electrons. The van der Waals surface area contributed by atoms with Gasteiger partial charge in [-0.2, -0.15) is 0 Å². The monoisotopic (exact) mass is 229 g/mol. The third-order valence-electron chi connectivity index (χ3n) is 4.08. The second-order valence-corrected chi connectivity index (χ2v) is 5.17. The normalized spacial score (nSPS) is 23.0. The van der Waals surface area contributed by atoms with Crippen LogP contribution in [0.2, 0.25) is 0 Å². The summed E-state index contributed by atoms with van der Waals surface area (Å²) in [6.07, 6.45) is 13.4. The van der Waals surface area contributed by atoms with Gasteiger partial charge in [0.05, 0.1) is 0 Å². The van der Waals surface area contributed by atoms with E-state index >= 15 is 0 Å². The molecule has 0 amide bonds.